The molecule has 6 heteroatoms. The molecule has 6 nitrogen and oxygen atoms in total. The van der Waals surface area contributed by atoms with E-state index in [1.165, 1.54) is 0 Å². The molecular formula is C9H11N5O. The molecule has 78 valence electrons. The molecule has 0 aliphatic rings. The molecule has 0 spiro atoms. The van der Waals surface area contributed by atoms with Gasteiger partial charge in [0.15, 0.2) is 0 Å². The molecule has 15 heavy (non-hydrogen) atoms. The van der Waals surface area contributed by atoms with Crippen molar-refractivity contribution in [1.29, 1.82) is 0 Å². The zero-order chi connectivity index (χ0) is 10.5. The second-order valence-electron chi connectivity index (χ2n) is 2.94. The molecule has 0 atom stereocenters. The summed E-state index contributed by atoms with van der Waals surface area (Å²) in [7, 11) is 1.87. The highest BCUT2D eigenvalue weighted by molar-refractivity contribution is 5.40. The van der Waals surface area contributed by atoms with Gasteiger partial charge in [0.2, 0.25) is 17.5 Å². The summed E-state index contributed by atoms with van der Waals surface area (Å²) in [6, 6.07) is 1.74. The van der Waals surface area contributed by atoms with Crippen LogP contribution in [0.15, 0.2) is 23.0 Å². The van der Waals surface area contributed by atoms with Gasteiger partial charge in [0.25, 0.3) is 0 Å². The zero-order valence-electron chi connectivity index (χ0n) is 8.34. The number of nitrogens with one attached hydrogen (secondary N) is 1. The topological polar surface area (TPSA) is 76.7 Å². The Hall–Kier alpha value is -1.82. The van der Waals surface area contributed by atoms with Gasteiger partial charge in [0, 0.05) is 25.4 Å². The molecule has 2 heterocycles. The van der Waals surface area contributed by atoms with Crippen LogP contribution in [-0.2, 0) is 6.42 Å². The molecule has 0 amide bonds. The third kappa shape index (κ3) is 2.35. The minimum atomic E-state index is 0.432. The van der Waals surface area contributed by atoms with Gasteiger partial charge >= 0.3 is 0 Å². The summed E-state index contributed by atoms with van der Waals surface area (Å²) in [4.78, 5) is 12.2. The van der Waals surface area contributed by atoms with Gasteiger partial charge in [-0.05, 0) is 13.1 Å². The Morgan fingerprint density at radius 2 is 2.07 bits per heavy atom. The van der Waals surface area contributed by atoms with Crippen molar-refractivity contribution in [2.24, 2.45) is 0 Å². The first kappa shape index (κ1) is 9.72. The fourth-order valence-electron chi connectivity index (χ4n) is 1.09. The molecule has 0 bridgehead atoms. The van der Waals surface area contributed by atoms with Crippen molar-refractivity contribution in [2.45, 2.75) is 6.42 Å². The van der Waals surface area contributed by atoms with Crippen LogP contribution in [0.3, 0.4) is 0 Å². The van der Waals surface area contributed by atoms with Crippen molar-refractivity contribution in [3.05, 3.63) is 24.4 Å². The van der Waals surface area contributed by atoms with Crippen LogP contribution in [0.2, 0.25) is 0 Å². The van der Waals surface area contributed by atoms with Crippen LogP contribution >= 0.6 is 0 Å². The van der Waals surface area contributed by atoms with Crippen molar-refractivity contribution in [1.82, 2.24) is 25.4 Å². The predicted molar refractivity (Wildman–Crippen MR) is 53.0 cm³/mol. The van der Waals surface area contributed by atoms with Crippen LogP contribution in [0.1, 0.15) is 5.89 Å². The molecular weight excluding hydrogens is 194 g/mol. The lowest BCUT2D eigenvalue weighted by atomic mass is 10.4. The third-order valence-corrected chi connectivity index (χ3v) is 1.82. The minimum absolute atomic E-state index is 0.432. The standard InChI is InChI=1S/C9H11N5O/c1-10-6-3-7-13-9(14-15-7)8-11-4-2-5-12-8/h2,4-5,10H,3,6H2,1H3. The highest BCUT2D eigenvalue weighted by atomic mass is 16.5. The van der Waals surface area contributed by atoms with Crippen molar-refractivity contribution >= 4 is 0 Å². The third-order valence-electron chi connectivity index (χ3n) is 1.82. The molecule has 1 N–H and O–H groups in total. The second kappa shape index (κ2) is 4.61. The molecule has 0 fully saturated rings. The van der Waals surface area contributed by atoms with Crippen LogP contribution in [0.4, 0.5) is 0 Å². The Kier molecular flexibility index (Phi) is 2.99. The van der Waals surface area contributed by atoms with E-state index in [0.717, 1.165) is 6.54 Å². The van der Waals surface area contributed by atoms with Gasteiger partial charge in [-0.2, -0.15) is 4.98 Å². The van der Waals surface area contributed by atoms with Crippen LogP contribution in [0.25, 0.3) is 11.6 Å². The van der Waals surface area contributed by atoms with E-state index in [9.17, 15) is 0 Å². The van der Waals surface area contributed by atoms with Gasteiger partial charge in [0.1, 0.15) is 0 Å². The van der Waals surface area contributed by atoms with Crippen LogP contribution in [-0.4, -0.2) is 33.7 Å². The summed E-state index contributed by atoms with van der Waals surface area (Å²) >= 11 is 0. The number of nitrogens with zero attached hydrogens (tertiary/aromatic N) is 4. The smallest absolute Gasteiger partial charge is 0.240 e. The first-order chi connectivity index (χ1) is 7.40. The number of rotatable bonds is 4. The van der Waals surface area contributed by atoms with E-state index in [1.54, 1.807) is 18.5 Å². The van der Waals surface area contributed by atoms with Crippen molar-refractivity contribution in [3.63, 3.8) is 0 Å². The van der Waals surface area contributed by atoms with Gasteiger partial charge < -0.3 is 9.84 Å². The first-order valence-electron chi connectivity index (χ1n) is 4.64. The highest BCUT2D eigenvalue weighted by Gasteiger charge is 2.09. The summed E-state index contributed by atoms with van der Waals surface area (Å²) in [5.74, 6) is 1.51. The molecule has 0 aromatic carbocycles. The number of likely N-dealkylation sites (N-methyl/N-ethyl adjacent to an activating group) is 1. The van der Waals surface area contributed by atoms with Crippen molar-refractivity contribution in [2.75, 3.05) is 13.6 Å². The maximum absolute atomic E-state index is 5.04. The highest BCUT2D eigenvalue weighted by Crippen LogP contribution is 2.08. The summed E-state index contributed by atoms with van der Waals surface area (Å²) in [6.07, 6.45) is 3.99. The molecule has 0 radical (unpaired) electrons. The lowest BCUT2D eigenvalue weighted by Gasteiger charge is -1.91. The van der Waals surface area contributed by atoms with Crippen LogP contribution in [0, 0.1) is 0 Å². The Bertz CT molecular complexity index is 413. The molecule has 0 aliphatic carbocycles. The summed E-state index contributed by atoms with van der Waals surface area (Å²) in [5.41, 5.74) is 0. The van der Waals surface area contributed by atoms with Gasteiger partial charge in [-0.1, -0.05) is 5.16 Å². The van der Waals surface area contributed by atoms with Crippen LogP contribution < -0.4 is 5.32 Å². The van der Waals surface area contributed by atoms with Gasteiger partial charge in [-0.25, -0.2) is 9.97 Å². The Labute approximate surface area is 86.8 Å². The monoisotopic (exact) mass is 205 g/mol. The lowest BCUT2D eigenvalue weighted by molar-refractivity contribution is 0.377. The molecule has 0 unspecified atom stereocenters. The summed E-state index contributed by atoms with van der Waals surface area (Å²) in [5, 5.41) is 6.81. The van der Waals surface area contributed by atoms with Gasteiger partial charge in [0.05, 0.1) is 0 Å². The Morgan fingerprint density at radius 3 is 2.80 bits per heavy atom. The quantitative estimate of drug-likeness (QED) is 0.773. The van der Waals surface area contributed by atoms with E-state index in [0.29, 0.717) is 24.0 Å². The second-order valence-corrected chi connectivity index (χ2v) is 2.94. The Balaban J connectivity index is 2.14. The molecule has 0 saturated carbocycles. The summed E-state index contributed by atoms with van der Waals surface area (Å²) in [6.45, 7) is 0.803. The summed E-state index contributed by atoms with van der Waals surface area (Å²) < 4.78 is 5.04. The number of hydrogen-bond donors (Lipinski definition) is 1. The lowest BCUT2D eigenvalue weighted by Crippen LogP contribution is -2.10. The fraction of sp³-hybridized carbons (Fsp3) is 0.333. The maximum Gasteiger partial charge on any atom is 0.240 e. The SMILES string of the molecule is CNCCc1nc(-c2ncccn2)no1. The van der Waals surface area contributed by atoms with Gasteiger partial charge in [-0.3, -0.25) is 0 Å². The largest absolute Gasteiger partial charge is 0.339 e. The molecule has 0 aliphatic heterocycles. The average molecular weight is 205 g/mol. The van der Waals surface area contributed by atoms with E-state index in [4.69, 9.17) is 4.52 Å². The molecule has 2 aromatic rings. The van der Waals surface area contributed by atoms with Gasteiger partial charge in [-0.15, -0.1) is 0 Å². The number of hydrogen-bond acceptors (Lipinski definition) is 6. The van der Waals surface area contributed by atoms with Crippen LogP contribution in [0.5, 0.6) is 0 Å². The molecule has 2 rings (SSSR count). The minimum Gasteiger partial charge on any atom is -0.339 e. The molecule has 0 saturated heterocycles. The average Bonchev–Trinajstić information content (AvgIpc) is 2.76. The first-order valence-corrected chi connectivity index (χ1v) is 4.64. The van der Waals surface area contributed by atoms with E-state index < -0.39 is 0 Å². The fourth-order valence-corrected chi connectivity index (χ4v) is 1.09. The molecule has 2 aromatic heterocycles. The predicted octanol–water partition coefficient (Wildman–Crippen LogP) is 0.288. The zero-order valence-corrected chi connectivity index (χ0v) is 8.34. The Morgan fingerprint density at radius 1 is 1.27 bits per heavy atom. The van der Waals surface area contributed by atoms with E-state index in [-0.39, 0.29) is 0 Å². The van der Waals surface area contributed by atoms with E-state index >= 15 is 0 Å². The number of aromatic nitrogens is 4. The van der Waals surface area contributed by atoms with Crippen molar-refractivity contribution < 1.29 is 4.52 Å². The normalized spacial score (nSPS) is 10.5. The van der Waals surface area contributed by atoms with E-state index in [1.807, 2.05) is 7.05 Å². The maximum atomic E-state index is 5.04. The van der Waals surface area contributed by atoms with Crippen molar-refractivity contribution in [3.8, 4) is 11.6 Å². The van der Waals surface area contributed by atoms with E-state index in [2.05, 4.69) is 25.4 Å².